The molecule has 2 rings (SSSR count). The molecule has 0 bridgehead atoms. The number of hydrogen-bond donors (Lipinski definition) is 2. The summed E-state index contributed by atoms with van der Waals surface area (Å²) in [5.41, 5.74) is 8.07. The molecule has 4 heteroatoms. The van der Waals surface area contributed by atoms with Crippen LogP contribution in [0.4, 0.5) is 10.8 Å². The highest BCUT2D eigenvalue weighted by atomic mass is 32.1. The third kappa shape index (κ3) is 2.70. The van der Waals surface area contributed by atoms with E-state index in [0.29, 0.717) is 5.82 Å². The molecule has 1 aromatic heterocycles. The van der Waals surface area contributed by atoms with Crippen LogP contribution in [0.2, 0.25) is 0 Å². The Bertz CT molecular complexity index is 451. The third-order valence-electron chi connectivity index (χ3n) is 2.08. The van der Waals surface area contributed by atoms with E-state index in [4.69, 9.17) is 5.73 Å². The van der Waals surface area contributed by atoms with E-state index in [1.165, 1.54) is 22.7 Å². The van der Waals surface area contributed by atoms with Gasteiger partial charge in [0.15, 0.2) is 0 Å². The van der Waals surface area contributed by atoms with Gasteiger partial charge in [0.25, 0.3) is 0 Å². The van der Waals surface area contributed by atoms with Crippen molar-refractivity contribution < 1.29 is 0 Å². The molecule has 0 saturated carbocycles. The van der Waals surface area contributed by atoms with Crippen molar-refractivity contribution in [2.45, 2.75) is 13.5 Å². The molecule has 1 heterocycles. The summed E-state index contributed by atoms with van der Waals surface area (Å²) in [5, 5.41) is 4.29. The number of benzene rings is 1. The Labute approximate surface area is 93.1 Å². The van der Waals surface area contributed by atoms with Gasteiger partial charge in [-0.3, -0.25) is 0 Å². The zero-order valence-electron chi connectivity index (χ0n) is 8.53. The van der Waals surface area contributed by atoms with Crippen molar-refractivity contribution >= 4 is 22.4 Å². The van der Waals surface area contributed by atoms with Gasteiger partial charge in [-0.1, -0.05) is 29.8 Å². The molecule has 3 N–H and O–H groups in total. The summed E-state index contributed by atoms with van der Waals surface area (Å²) < 4.78 is 4.00. The smallest absolute Gasteiger partial charge is 0.139 e. The molecule has 0 radical (unpaired) electrons. The molecule has 78 valence electrons. The summed E-state index contributed by atoms with van der Waals surface area (Å²) in [4.78, 5) is 0. The maximum absolute atomic E-state index is 5.53. The lowest BCUT2D eigenvalue weighted by atomic mass is 10.1. The van der Waals surface area contributed by atoms with Crippen LogP contribution in [0.25, 0.3) is 0 Å². The molecule has 0 atom stereocenters. The summed E-state index contributed by atoms with van der Waals surface area (Å²) in [7, 11) is 0. The molecule has 1 aromatic carbocycles. The van der Waals surface area contributed by atoms with Crippen LogP contribution in [0.15, 0.2) is 30.3 Å². The van der Waals surface area contributed by atoms with Gasteiger partial charge in [0, 0.05) is 12.6 Å². The van der Waals surface area contributed by atoms with Gasteiger partial charge in [-0.2, -0.15) is 4.37 Å². The molecule has 15 heavy (non-hydrogen) atoms. The fourth-order valence-corrected chi connectivity index (χ4v) is 1.95. The number of hydrogen-bond acceptors (Lipinski definition) is 4. The SMILES string of the molecule is Cc1cccc(CNc2cc(N)ns2)c1. The van der Waals surface area contributed by atoms with Crippen molar-refractivity contribution in [2.24, 2.45) is 0 Å². The second-order valence-corrected chi connectivity index (χ2v) is 4.26. The maximum Gasteiger partial charge on any atom is 0.139 e. The quantitative estimate of drug-likeness (QED) is 0.834. The van der Waals surface area contributed by atoms with Crippen molar-refractivity contribution in [3.8, 4) is 0 Å². The molecule has 0 aliphatic rings. The van der Waals surface area contributed by atoms with Crippen molar-refractivity contribution in [1.82, 2.24) is 4.37 Å². The normalized spacial score (nSPS) is 10.2. The van der Waals surface area contributed by atoms with Crippen LogP contribution in [0.1, 0.15) is 11.1 Å². The van der Waals surface area contributed by atoms with E-state index in [1.54, 1.807) is 0 Å². The largest absolute Gasteiger partial charge is 0.383 e. The van der Waals surface area contributed by atoms with E-state index in [0.717, 1.165) is 11.5 Å². The lowest BCUT2D eigenvalue weighted by Gasteiger charge is -2.03. The van der Waals surface area contributed by atoms with Gasteiger partial charge in [-0.25, -0.2) is 0 Å². The molecule has 0 amide bonds. The third-order valence-corrected chi connectivity index (χ3v) is 2.84. The Morgan fingerprint density at radius 1 is 1.40 bits per heavy atom. The molecule has 3 nitrogen and oxygen atoms in total. The van der Waals surface area contributed by atoms with E-state index in [1.807, 2.05) is 6.07 Å². The van der Waals surface area contributed by atoms with Gasteiger partial charge in [-0.15, -0.1) is 0 Å². The Hall–Kier alpha value is -1.55. The first-order valence-electron chi connectivity index (χ1n) is 4.75. The number of rotatable bonds is 3. The molecule has 0 fully saturated rings. The van der Waals surface area contributed by atoms with Crippen LogP contribution in [0.5, 0.6) is 0 Å². The number of aryl methyl sites for hydroxylation is 1. The first kappa shape index (κ1) is 9.98. The minimum atomic E-state index is 0.576. The highest BCUT2D eigenvalue weighted by Crippen LogP contribution is 2.18. The van der Waals surface area contributed by atoms with Gasteiger partial charge in [0.1, 0.15) is 10.8 Å². The summed E-state index contributed by atoms with van der Waals surface area (Å²) in [6.45, 7) is 2.90. The predicted molar refractivity (Wildman–Crippen MR) is 65.0 cm³/mol. The molecule has 0 spiro atoms. The van der Waals surface area contributed by atoms with Crippen molar-refractivity contribution in [3.05, 3.63) is 41.5 Å². The predicted octanol–water partition coefficient (Wildman–Crippen LogP) is 2.65. The highest BCUT2D eigenvalue weighted by molar-refractivity contribution is 7.10. The number of nitrogens with zero attached hydrogens (tertiary/aromatic N) is 1. The maximum atomic E-state index is 5.53. The Kier molecular flexibility index (Phi) is 2.87. The number of nitrogens with one attached hydrogen (secondary N) is 1. The Morgan fingerprint density at radius 2 is 2.27 bits per heavy atom. The monoisotopic (exact) mass is 219 g/mol. The topological polar surface area (TPSA) is 50.9 Å². The second-order valence-electron chi connectivity index (χ2n) is 3.46. The van der Waals surface area contributed by atoms with E-state index >= 15 is 0 Å². The van der Waals surface area contributed by atoms with Crippen LogP contribution in [0.3, 0.4) is 0 Å². The number of nitrogens with two attached hydrogens (primary N) is 1. The van der Waals surface area contributed by atoms with Gasteiger partial charge < -0.3 is 11.1 Å². The van der Waals surface area contributed by atoms with E-state index in [9.17, 15) is 0 Å². The molecular weight excluding hydrogens is 206 g/mol. The highest BCUT2D eigenvalue weighted by Gasteiger charge is 1.98. The molecular formula is C11H13N3S. The van der Waals surface area contributed by atoms with Crippen molar-refractivity contribution in [3.63, 3.8) is 0 Å². The minimum Gasteiger partial charge on any atom is -0.383 e. The van der Waals surface area contributed by atoms with Gasteiger partial charge in [0.2, 0.25) is 0 Å². The zero-order chi connectivity index (χ0) is 10.7. The molecule has 0 unspecified atom stereocenters. The van der Waals surface area contributed by atoms with Crippen LogP contribution in [-0.2, 0) is 6.54 Å². The summed E-state index contributed by atoms with van der Waals surface area (Å²) in [6.07, 6.45) is 0. The number of nitrogen functional groups attached to an aromatic ring is 1. The van der Waals surface area contributed by atoms with E-state index in [-0.39, 0.29) is 0 Å². The summed E-state index contributed by atoms with van der Waals surface area (Å²) in [5.74, 6) is 0.576. The molecule has 2 aromatic rings. The number of anilines is 2. The van der Waals surface area contributed by atoms with Crippen LogP contribution in [0, 0.1) is 6.92 Å². The van der Waals surface area contributed by atoms with Gasteiger partial charge in [-0.05, 0) is 24.0 Å². The van der Waals surface area contributed by atoms with Crippen LogP contribution < -0.4 is 11.1 Å². The lowest BCUT2D eigenvalue weighted by Crippen LogP contribution is -1.97. The lowest BCUT2D eigenvalue weighted by molar-refractivity contribution is 1.15. The Balaban J connectivity index is 1.99. The van der Waals surface area contributed by atoms with Crippen molar-refractivity contribution in [1.29, 1.82) is 0 Å². The van der Waals surface area contributed by atoms with Crippen molar-refractivity contribution in [2.75, 3.05) is 11.1 Å². The molecule has 0 aliphatic carbocycles. The Morgan fingerprint density at radius 3 is 2.93 bits per heavy atom. The zero-order valence-corrected chi connectivity index (χ0v) is 9.34. The summed E-state index contributed by atoms with van der Waals surface area (Å²) >= 11 is 1.39. The van der Waals surface area contributed by atoms with Crippen LogP contribution in [-0.4, -0.2) is 4.37 Å². The van der Waals surface area contributed by atoms with Gasteiger partial charge >= 0.3 is 0 Å². The molecule has 0 saturated heterocycles. The summed E-state index contributed by atoms with van der Waals surface area (Å²) in [6, 6.07) is 10.3. The number of aromatic nitrogens is 1. The standard InChI is InChI=1S/C11H13N3S/c1-8-3-2-4-9(5-8)7-13-11-6-10(12)14-15-11/h2-6,13H,7H2,1H3,(H2,12,14). The molecule has 0 aliphatic heterocycles. The van der Waals surface area contributed by atoms with Gasteiger partial charge in [0.05, 0.1) is 0 Å². The fraction of sp³-hybridized carbons (Fsp3) is 0.182. The van der Waals surface area contributed by atoms with E-state index in [2.05, 4.69) is 40.9 Å². The minimum absolute atomic E-state index is 0.576. The van der Waals surface area contributed by atoms with Crippen LogP contribution >= 0.6 is 11.5 Å². The first-order chi connectivity index (χ1) is 7.24. The average molecular weight is 219 g/mol. The fourth-order valence-electron chi connectivity index (χ4n) is 1.38. The second kappa shape index (κ2) is 4.31. The van der Waals surface area contributed by atoms with E-state index < -0.39 is 0 Å². The first-order valence-corrected chi connectivity index (χ1v) is 5.53. The average Bonchev–Trinajstić information content (AvgIpc) is 2.62.